The molecule has 1 aromatic carbocycles. The molecule has 27 heavy (non-hydrogen) atoms. The van der Waals surface area contributed by atoms with Crippen LogP contribution in [0.15, 0.2) is 61.5 Å². The molecule has 6 nitrogen and oxygen atoms in total. The average molecular weight is 364 g/mol. The van der Waals surface area contributed by atoms with Crippen LogP contribution in [0.2, 0.25) is 0 Å². The molecule has 0 fully saturated rings. The Bertz CT molecular complexity index is 926. The van der Waals surface area contributed by atoms with E-state index in [4.69, 9.17) is 5.73 Å². The van der Waals surface area contributed by atoms with Crippen molar-refractivity contribution in [1.29, 1.82) is 0 Å². The summed E-state index contributed by atoms with van der Waals surface area (Å²) in [6.07, 6.45) is 5.59. The van der Waals surface area contributed by atoms with Crippen LogP contribution in [0, 0.1) is 0 Å². The van der Waals surface area contributed by atoms with Crippen LogP contribution in [-0.2, 0) is 6.42 Å². The zero-order valence-corrected chi connectivity index (χ0v) is 16.3. The number of aromatic nitrogens is 3. The lowest BCUT2D eigenvalue weighted by molar-refractivity contribution is 0.949. The highest BCUT2D eigenvalue weighted by Gasteiger charge is 2.10. The number of nitrogen functional groups attached to an aromatic ring is 1. The lowest BCUT2D eigenvalue weighted by Gasteiger charge is -2.12. The molecule has 3 aromatic rings. The molecule has 0 saturated heterocycles. The van der Waals surface area contributed by atoms with Crippen molar-refractivity contribution >= 4 is 28.7 Å². The molecule has 0 atom stereocenters. The maximum Gasteiger partial charge on any atom is 0.162 e. The Morgan fingerprint density at radius 2 is 1.93 bits per heavy atom. The van der Waals surface area contributed by atoms with Crippen molar-refractivity contribution in [3.05, 3.63) is 67.0 Å². The van der Waals surface area contributed by atoms with Gasteiger partial charge in [-0.2, -0.15) is 9.61 Å². The van der Waals surface area contributed by atoms with Crippen LogP contribution in [-0.4, -0.2) is 14.6 Å². The fraction of sp³-hybridized carbons (Fsp3) is 0.238. The quantitative estimate of drug-likeness (QED) is 0.527. The van der Waals surface area contributed by atoms with Crippen LogP contribution in [0.4, 0.5) is 23.0 Å². The second-order valence-corrected chi connectivity index (χ2v) is 6.09. The monoisotopic (exact) mass is 364 g/mol. The summed E-state index contributed by atoms with van der Waals surface area (Å²) in [6, 6.07) is 9.61. The Morgan fingerprint density at radius 3 is 2.59 bits per heavy atom. The minimum Gasteiger partial charge on any atom is -0.384 e. The summed E-state index contributed by atoms with van der Waals surface area (Å²) in [5.41, 5.74) is 10.3. The predicted octanol–water partition coefficient (Wildman–Crippen LogP) is 5.15. The third-order valence-corrected chi connectivity index (χ3v) is 3.63. The summed E-state index contributed by atoms with van der Waals surface area (Å²) < 4.78 is 1.76. The van der Waals surface area contributed by atoms with Gasteiger partial charge in [0.05, 0.1) is 6.20 Å². The summed E-state index contributed by atoms with van der Waals surface area (Å²) in [7, 11) is 0. The largest absolute Gasteiger partial charge is 0.384 e. The Morgan fingerprint density at radius 1 is 1.22 bits per heavy atom. The summed E-state index contributed by atoms with van der Waals surface area (Å²) in [4.78, 5) is 4.38. The molecule has 0 bridgehead atoms. The second kappa shape index (κ2) is 9.43. The van der Waals surface area contributed by atoms with Gasteiger partial charge >= 0.3 is 0 Å². The van der Waals surface area contributed by atoms with Gasteiger partial charge in [-0.05, 0) is 30.7 Å². The molecule has 2 heterocycles. The van der Waals surface area contributed by atoms with Crippen molar-refractivity contribution in [1.82, 2.24) is 14.6 Å². The van der Waals surface area contributed by atoms with E-state index in [2.05, 4.69) is 54.6 Å². The van der Waals surface area contributed by atoms with Gasteiger partial charge in [0.25, 0.3) is 0 Å². The number of anilines is 4. The zero-order chi connectivity index (χ0) is 19.8. The van der Waals surface area contributed by atoms with E-state index in [1.807, 2.05) is 30.5 Å². The first kappa shape index (κ1) is 20.0. The molecule has 0 aliphatic carbocycles. The predicted molar refractivity (Wildman–Crippen MR) is 115 cm³/mol. The minimum atomic E-state index is 0.453. The van der Waals surface area contributed by atoms with Crippen LogP contribution >= 0.6 is 0 Å². The lowest BCUT2D eigenvalue weighted by Crippen LogP contribution is -2.04. The van der Waals surface area contributed by atoms with Gasteiger partial charge in [0, 0.05) is 28.7 Å². The van der Waals surface area contributed by atoms with Crippen molar-refractivity contribution < 1.29 is 0 Å². The van der Waals surface area contributed by atoms with Gasteiger partial charge in [-0.25, -0.2) is 4.98 Å². The number of hydrogen-bond donors (Lipinski definition) is 3. The van der Waals surface area contributed by atoms with Crippen LogP contribution in [0.25, 0.3) is 5.65 Å². The molecule has 0 spiro atoms. The minimum absolute atomic E-state index is 0.453. The van der Waals surface area contributed by atoms with E-state index in [-0.39, 0.29) is 0 Å². The summed E-state index contributed by atoms with van der Waals surface area (Å²) in [5.74, 6) is 1.21. The number of rotatable bonds is 6. The van der Waals surface area contributed by atoms with Crippen LogP contribution < -0.4 is 16.4 Å². The summed E-state index contributed by atoms with van der Waals surface area (Å²) >= 11 is 0. The Kier molecular flexibility index (Phi) is 7.00. The number of benzene rings is 1. The first-order valence-electron chi connectivity index (χ1n) is 9.10. The van der Waals surface area contributed by atoms with Gasteiger partial charge < -0.3 is 16.4 Å². The Labute approximate surface area is 160 Å². The number of nitrogens with zero attached hydrogens (tertiary/aromatic N) is 3. The van der Waals surface area contributed by atoms with Gasteiger partial charge in [-0.1, -0.05) is 46.4 Å². The molecule has 4 N–H and O–H groups in total. The van der Waals surface area contributed by atoms with E-state index in [0.29, 0.717) is 5.82 Å². The highest BCUT2D eigenvalue weighted by molar-refractivity contribution is 5.68. The fourth-order valence-corrected chi connectivity index (χ4v) is 2.42. The summed E-state index contributed by atoms with van der Waals surface area (Å²) in [5, 5.41) is 10.9. The fourth-order valence-electron chi connectivity index (χ4n) is 2.42. The molecular weight excluding hydrogens is 336 g/mol. The molecule has 2 aromatic heterocycles. The van der Waals surface area contributed by atoms with Gasteiger partial charge in [0.1, 0.15) is 11.6 Å². The van der Waals surface area contributed by atoms with E-state index in [1.165, 1.54) is 6.42 Å². The van der Waals surface area contributed by atoms with E-state index in [1.54, 1.807) is 16.7 Å². The number of nitrogens with two attached hydrogens (primary N) is 1. The van der Waals surface area contributed by atoms with E-state index >= 15 is 0 Å². The number of nitrogens with one attached hydrogen (secondary N) is 2. The van der Waals surface area contributed by atoms with E-state index in [0.717, 1.165) is 40.5 Å². The molecule has 0 saturated carbocycles. The molecule has 0 unspecified atom stereocenters. The molecule has 0 radical (unpaired) electrons. The van der Waals surface area contributed by atoms with Crippen molar-refractivity contribution in [3.8, 4) is 0 Å². The first-order chi connectivity index (χ1) is 13.0. The van der Waals surface area contributed by atoms with Gasteiger partial charge in [0.15, 0.2) is 5.65 Å². The van der Waals surface area contributed by atoms with Crippen LogP contribution in [0.1, 0.15) is 32.8 Å². The average Bonchev–Trinajstić information content (AvgIpc) is 3.05. The third kappa shape index (κ3) is 5.10. The van der Waals surface area contributed by atoms with Crippen LogP contribution in [0.3, 0.4) is 0 Å². The molecule has 0 aliphatic rings. The lowest BCUT2D eigenvalue weighted by atomic mass is 10.2. The normalized spacial score (nSPS) is 10.0. The van der Waals surface area contributed by atoms with E-state index < -0.39 is 0 Å². The van der Waals surface area contributed by atoms with Crippen molar-refractivity contribution in [2.45, 2.75) is 33.6 Å². The molecule has 3 rings (SSSR count). The topological polar surface area (TPSA) is 80.3 Å². The first-order valence-corrected chi connectivity index (χ1v) is 9.10. The highest BCUT2D eigenvalue weighted by atomic mass is 15.3. The Hall–Kier alpha value is -3.28. The maximum atomic E-state index is 5.95. The molecular formula is C21H28N6. The van der Waals surface area contributed by atoms with Gasteiger partial charge in [-0.15, -0.1) is 0 Å². The van der Waals surface area contributed by atoms with Crippen LogP contribution in [0.5, 0.6) is 0 Å². The van der Waals surface area contributed by atoms with Gasteiger partial charge in [0.2, 0.25) is 0 Å². The van der Waals surface area contributed by atoms with E-state index in [9.17, 15) is 0 Å². The third-order valence-electron chi connectivity index (χ3n) is 3.63. The Balaban J connectivity index is 0.000000817. The molecule has 0 amide bonds. The smallest absolute Gasteiger partial charge is 0.162 e. The second-order valence-electron chi connectivity index (χ2n) is 6.09. The molecule has 6 heteroatoms. The SMILES string of the molecule is C=CC(=C)Nc1cccc(Nc2cc(N)nc3c(CC)cnn23)c1.CCC. The number of aryl methyl sites for hydroxylation is 1. The van der Waals surface area contributed by atoms with Crippen molar-refractivity contribution in [3.63, 3.8) is 0 Å². The highest BCUT2D eigenvalue weighted by Crippen LogP contribution is 2.23. The number of allylic oxidation sites excluding steroid dienone is 1. The molecule has 142 valence electrons. The maximum absolute atomic E-state index is 5.95. The zero-order valence-electron chi connectivity index (χ0n) is 16.3. The standard InChI is InChI=1S/C18H20N6.C3H8/c1-4-12(3)21-14-7-6-8-15(9-14)22-17-10-16(19)23-18-13(5-2)11-20-24(17)18;1-3-2/h4,6-11,21-22H,1,3,5H2,2H3,(H2,19,23);3H2,1-2H3. The number of fused-ring (bicyclic) bond motifs is 1. The summed E-state index contributed by atoms with van der Waals surface area (Å²) in [6.45, 7) is 13.9. The molecule has 0 aliphatic heterocycles. The van der Waals surface area contributed by atoms with Gasteiger partial charge in [-0.3, -0.25) is 0 Å². The number of hydrogen-bond acceptors (Lipinski definition) is 5. The van der Waals surface area contributed by atoms with Crippen molar-refractivity contribution in [2.24, 2.45) is 0 Å². The van der Waals surface area contributed by atoms with Crippen molar-refractivity contribution in [2.75, 3.05) is 16.4 Å².